The smallest absolute Gasteiger partial charge is 0.193 e. The number of aliphatic imine (C=N–C) groups is 1. The van der Waals surface area contributed by atoms with E-state index < -0.39 is 0 Å². The van der Waals surface area contributed by atoms with Gasteiger partial charge in [-0.3, -0.25) is 4.99 Å². The van der Waals surface area contributed by atoms with Gasteiger partial charge in [-0.1, -0.05) is 29.3 Å². The average molecular weight is 485 g/mol. The summed E-state index contributed by atoms with van der Waals surface area (Å²) in [5, 5.41) is 4.67. The van der Waals surface area contributed by atoms with E-state index in [1.165, 1.54) is 19.4 Å². The van der Waals surface area contributed by atoms with Crippen LogP contribution < -0.4 is 5.32 Å². The molecule has 1 saturated heterocycles. The molecule has 1 atom stereocenters. The molecule has 4 nitrogen and oxygen atoms in total. The minimum absolute atomic E-state index is 0. The maximum Gasteiger partial charge on any atom is 0.193 e. The number of nitrogens with one attached hydrogen (secondary N) is 1. The zero-order valence-corrected chi connectivity index (χ0v) is 18.4. The van der Waals surface area contributed by atoms with Crippen LogP contribution in [0.3, 0.4) is 0 Å². The molecule has 1 N–H and O–H groups in total. The molecule has 0 amide bonds. The van der Waals surface area contributed by atoms with Gasteiger partial charge in [-0.15, -0.1) is 24.0 Å². The molecule has 0 radical (unpaired) electrons. The number of rotatable bonds is 4. The number of nitrogens with zero attached hydrogens (tertiary/aromatic N) is 3. The first kappa shape index (κ1) is 21.8. The molecule has 1 fully saturated rings. The van der Waals surface area contributed by atoms with Crippen LogP contribution in [0, 0.1) is 5.92 Å². The molecule has 7 heteroatoms. The van der Waals surface area contributed by atoms with E-state index >= 15 is 0 Å². The van der Waals surface area contributed by atoms with Crippen molar-refractivity contribution < 1.29 is 0 Å². The second kappa shape index (κ2) is 10.7. The highest BCUT2D eigenvalue weighted by Crippen LogP contribution is 2.23. The zero-order valence-electron chi connectivity index (χ0n) is 14.6. The molecule has 1 aliphatic rings. The van der Waals surface area contributed by atoms with Gasteiger partial charge in [0.25, 0.3) is 0 Å². The van der Waals surface area contributed by atoms with E-state index in [-0.39, 0.29) is 24.0 Å². The summed E-state index contributed by atoms with van der Waals surface area (Å²) < 4.78 is 0. The molecule has 1 heterocycles. The van der Waals surface area contributed by atoms with Gasteiger partial charge in [0.2, 0.25) is 0 Å². The molecular weight excluding hydrogens is 458 g/mol. The van der Waals surface area contributed by atoms with E-state index in [2.05, 4.69) is 27.2 Å². The molecule has 1 aliphatic heterocycles. The molecular formula is C17H27Cl2IN4. The zero-order chi connectivity index (χ0) is 16.8. The van der Waals surface area contributed by atoms with Gasteiger partial charge < -0.3 is 15.1 Å². The fourth-order valence-corrected chi connectivity index (χ4v) is 3.37. The Morgan fingerprint density at radius 3 is 2.75 bits per heavy atom. The number of guanidine groups is 1. The van der Waals surface area contributed by atoms with E-state index in [0.717, 1.165) is 31.2 Å². The normalized spacial score (nSPS) is 18.9. The van der Waals surface area contributed by atoms with Gasteiger partial charge in [-0.2, -0.15) is 0 Å². The summed E-state index contributed by atoms with van der Waals surface area (Å²) in [4.78, 5) is 8.89. The summed E-state index contributed by atoms with van der Waals surface area (Å²) in [5.74, 6) is 1.59. The molecule has 1 aromatic rings. The summed E-state index contributed by atoms with van der Waals surface area (Å²) in [6, 6.07) is 5.74. The van der Waals surface area contributed by atoms with Gasteiger partial charge >= 0.3 is 0 Å². The third kappa shape index (κ3) is 6.58. The topological polar surface area (TPSA) is 30.9 Å². The number of hydrogen-bond donors (Lipinski definition) is 1. The third-order valence-corrected chi connectivity index (χ3v) is 4.99. The molecule has 0 aliphatic carbocycles. The lowest BCUT2D eigenvalue weighted by Crippen LogP contribution is -2.44. The summed E-state index contributed by atoms with van der Waals surface area (Å²) >= 11 is 12.1. The first-order valence-electron chi connectivity index (χ1n) is 8.04. The molecule has 0 bridgehead atoms. The van der Waals surface area contributed by atoms with Crippen molar-refractivity contribution in [3.63, 3.8) is 0 Å². The molecule has 1 unspecified atom stereocenters. The van der Waals surface area contributed by atoms with E-state index in [1.807, 2.05) is 32.3 Å². The lowest BCUT2D eigenvalue weighted by atomic mass is 9.98. The Hall–Kier alpha value is -0.240. The van der Waals surface area contributed by atoms with Gasteiger partial charge in [0, 0.05) is 33.7 Å². The van der Waals surface area contributed by atoms with E-state index in [1.54, 1.807) is 0 Å². The van der Waals surface area contributed by atoms with Crippen molar-refractivity contribution in [2.24, 2.45) is 10.9 Å². The van der Waals surface area contributed by atoms with E-state index in [4.69, 9.17) is 23.2 Å². The lowest BCUT2D eigenvalue weighted by Gasteiger charge is -2.31. The number of piperidine rings is 1. The lowest BCUT2D eigenvalue weighted by molar-refractivity contribution is 0.209. The Bertz CT molecular complexity index is 553. The summed E-state index contributed by atoms with van der Waals surface area (Å²) in [5.41, 5.74) is 1.11. The molecule has 1 aromatic carbocycles. The maximum atomic E-state index is 6.09. The van der Waals surface area contributed by atoms with Crippen LogP contribution in [0.2, 0.25) is 10.0 Å². The van der Waals surface area contributed by atoms with Crippen LogP contribution in [0.5, 0.6) is 0 Å². The Balaban J connectivity index is 0.00000288. The van der Waals surface area contributed by atoms with Crippen LogP contribution in [0.15, 0.2) is 23.2 Å². The predicted octanol–water partition coefficient (Wildman–Crippen LogP) is 3.96. The van der Waals surface area contributed by atoms with E-state index in [0.29, 0.717) is 16.0 Å². The number of benzene rings is 1. The van der Waals surface area contributed by atoms with Crippen molar-refractivity contribution in [1.82, 2.24) is 15.1 Å². The molecule has 0 saturated carbocycles. The number of halogens is 3. The Morgan fingerprint density at radius 1 is 1.38 bits per heavy atom. The molecule has 0 spiro atoms. The number of hydrogen-bond acceptors (Lipinski definition) is 2. The fraction of sp³-hybridized carbons (Fsp3) is 0.588. The van der Waals surface area contributed by atoms with Crippen molar-refractivity contribution in [3.8, 4) is 0 Å². The predicted molar refractivity (Wildman–Crippen MR) is 115 cm³/mol. The summed E-state index contributed by atoms with van der Waals surface area (Å²) in [6.45, 7) is 4.06. The largest absolute Gasteiger partial charge is 0.356 e. The standard InChI is InChI=1S/C17H26Cl2N4.HI/c1-20-17(21-10-14-5-4-8-22(2)11-14)23(3)12-13-6-7-15(18)16(19)9-13;/h6-7,9,14H,4-5,8,10-12H2,1-3H3,(H,20,21);1H. The van der Waals surface area contributed by atoms with Crippen LogP contribution in [-0.2, 0) is 6.54 Å². The van der Waals surface area contributed by atoms with Gasteiger partial charge in [-0.25, -0.2) is 0 Å². The Morgan fingerprint density at radius 2 is 2.12 bits per heavy atom. The van der Waals surface area contributed by atoms with Crippen LogP contribution >= 0.6 is 47.2 Å². The minimum Gasteiger partial charge on any atom is -0.356 e. The first-order valence-corrected chi connectivity index (χ1v) is 8.79. The molecule has 136 valence electrons. The number of likely N-dealkylation sites (tertiary alicyclic amines) is 1. The van der Waals surface area contributed by atoms with Crippen LogP contribution in [0.1, 0.15) is 18.4 Å². The van der Waals surface area contributed by atoms with Crippen LogP contribution in [-0.4, -0.2) is 56.5 Å². The fourth-order valence-electron chi connectivity index (χ4n) is 3.05. The first-order chi connectivity index (χ1) is 11.0. The van der Waals surface area contributed by atoms with Crippen molar-refractivity contribution in [2.45, 2.75) is 19.4 Å². The van der Waals surface area contributed by atoms with Crippen molar-refractivity contribution >= 4 is 53.1 Å². The SMILES string of the molecule is CN=C(NCC1CCCN(C)C1)N(C)Cc1ccc(Cl)c(Cl)c1.I. The third-order valence-electron chi connectivity index (χ3n) is 4.25. The van der Waals surface area contributed by atoms with Crippen molar-refractivity contribution in [2.75, 3.05) is 40.8 Å². The Kier molecular flexibility index (Phi) is 9.71. The van der Waals surface area contributed by atoms with Crippen LogP contribution in [0.25, 0.3) is 0 Å². The summed E-state index contributed by atoms with van der Waals surface area (Å²) in [6.07, 6.45) is 2.56. The van der Waals surface area contributed by atoms with E-state index in [9.17, 15) is 0 Å². The molecule has 0 aromatic heterocycles. The maximum absolute atomic E-state index is 6.09. The van der Waals surface area contributed by atoms with Gasteiger partial charge in [0.1, 0.15) is 0 Å². The second-order valence-corrected chi connectivity index (χ2v) is 7.12. The minimum atomic E-state index is 0. The van der Waals surface area contributed by atoms with Gasteiger partial charge in [0.15, 0.2) is 5.96 Å². The second-order valence-electron chi connectivity index (χ2n) is 6.30. The van der Waals surface area contributed by atoms with Gasteiger partial charge in [0.05, 0.1) is 10.0 Å². The molecule has 2 rings (SSSR count). The summed E-state index contributed by atoms with van der Waals surface area (Å²) in [7, 11) is 6.04. The highest BCUT2D eigenvalue weighted by Gasteiger charge is 2.18. The highest BCUT2D eigenvalue weighted by atomic mass is 127. The quantitative estimate of drug-likeness (QED) is 0.398. The Labute approximate surface area is 172 Å². The molecule has 24 heavy (non-hydrogen) atoms. The average Bonchev–Trinajstić information content (AvgIpc) is 2.51. The van der Waals surface area contributed by atoms with Crippen molar-refractivity contribution in [1.29, 1.82) is 0 Å². The monoisotopic (exact) mass is 484 g/mol. The van der Waals surface area contributed by atoms with Crippen molar-refractivity contribution in [3.05, 3.63) is 33.8 Å². The van der Waals surface area contributed by atoms with Gasteiger partial charge in [-0.05, 0) is 50.0 Å². The van der Waals surface area contributed by atoms with Crippen LogP contribution in [0.4, 0.5) is 0 Å². The highest BCUT2D eigenvalue weighted by molar-refractivity contribution is 14.0.